The Morgan fingerprint density at radius 1 is 0.500 bits per heavy atom. The highest BCUT2D eigenvalue weighted by atomic mass is 16.5. The zero-order valence-corrected chi connectivity index (χ0v) is 41.8. The van der Waals surface area contributed by atoms with Gasteiger partial charge >= 0.3 is 0 Å². The minimum Gasteiger partial charge on any atom is -0.495 e. The molecule has 4 atom stereocenters. The Balaban J connectivity index is 0.000000156. The van der Waals surface area contributed by atoms with Crippen molar-refractivity contribution in [3.05, 3.63) is 168 Å². The first kappa shape index (κ1) is 46.6. The van der Waals surface area contributed by atoms with Gasteiger partial charge in [-0.3, -0.25) is 0 Å². The Kier molecular flexibility index (Phi) is 13.6. The van der Waals surface area contributed by atoms with E-state index in [0.29, 0.717) is 23.9 Å². The highest BCUT2D eigenvalue weighted by Gasteiger charge is 2.38. The van der Waals surface area contributed by atoms with E-state index < -0.39 is 0 Å². The fraction of sp³-hybridized carbons (Fsp3) is 0.345. The molecule has 14 nitrogen and oxygen atoms in total. The molecule has 0 radical (unpaired) electrons. The van der Waals surface area contributed by atoms with Gasteiger partial charge in [-0.25, -0.2) is 29.3 Å². The molecule has 4 aliphatic heterocycles. The van der Waals surface area contributed by atoms with Crippen molar-refractivity contribution in [2.75, 3.05) is 37.1 Å². The summed E-state index contributed by atoms with van der Waals surface area (Å²) in [6.45, 7) is 8.07. The van der Waals surface area contributed by atoms with Crippen LogP contribution in [0.5, 0.6) is 11.5 Å². The Hall–Kier alpha value is -7.74. The van der Waals surface area contributed by atoms with E-state index in [-0.39, 0.29) is 0 Å². The van der Waals surface area contributed by atoms with Crippen LogP contribution in [0.1, 0.15) is 109 Å². The molecule has 2 fully saturated rings. The van der Waals surface area contributed by atoms with Crippen LogP contribution in [0.25, 0.3) is 35.7 Å². The van der Waals surface area contributed by atoms with Crippen molar-refractivity contribution in [2.45, 2.75) is 102 Å². The molecule has 4 aromatic carbocycles. The molecule has 0 saturated carbocycles. The maximum absolute atomic E-state index is 5.66. The third-order valence-corrected chi connectivity index (χ3v) is 14.8. The SMILES string of the molecule is COc1cc(/C=C/c2nc3n(n2)CCC[C@@H]3[C@@H]2CCCN2c2ccccc2)ccc1-n1cnc(C)c1.COc1cc(/C=C/c2nc3n(n2)CCC[C@H]3[C@@H]2CCCN2c2ccccc2)ccc1-n1cnc(C)c1. The molecule has 8 heterocycles. The second-order valence-electron chi connectivity index (χ2n) is 19.5. The predicted octanol–water partition coefficient (Wildman–Crippen LogP) is 11.0. The van der Waals surface area contributed by atoms with Gasteiger partial charge in [0.2, 0.25) is 0 Å². The van der Waals surface area contributed by atoms with E-state index in [1.807, 2.05) is 72.3 Å². The lowest BCUT2D eigenvalue weighted by Gasteiger charge is -2.34. The zero-order valence-electron chi connectivity index (χ0n) is 41.8. The summed E-state index contributed by atoms with van der Waals surface area (Å²) in [5.41, 5.74) is 8.60. The molecule has 12 rings (SSSR count). The van der Waals surface area contributed by atoms with Crippen molar-refractivity contribution < 1.29 is 9.47 Å². The van der Waals surface area contributed by atoms with E-state index in [4.69, 9.17) is 29.6 Å². The van der Waals surface area contributed by atoms with E-state index in [9.17, 15) is 0 Å². The minimum atomic E-state index is 0.411. The summed E-state index contributed by atoms with van der Waals surface area (Å²) in [4.78, 5) is 23.9. The Morgan fingerprint density at radius 2 is 0.931 bits per heavy atom. The summed E-state index contributed by atoms with van der Waals surface area (Å²) >= 11 is 0. The van der Waals surface area contributed by atoms with Crippen LogP contribution in [0.2, 0.25) is 0 Å². The maximum atomic E-state index is 5.66. The van der Waals surface area contributed by atoms with Crippen molar-refractivity contribution in [1.29, 1.82) is 0 Å². The van der Waals surface area contributed by atoms with Crippen molar-refractivity contribution in [3.8, 4) is 22.9 Å². The number of hydrogen-bond donors (Lipinski definition) is 0. The highest BCUT2D eigenvalue weighted by Crippen LogP contribution is 2.41. The van der Waals surface area contributed by atoms with E-state index >= 15 is 0 Å². The van der Waals surface area contributed by atoms with Gasteiger partial charge in [0.15, 0.2) is 11.6 Å². The Morgan fingerprint density at radius 3 is 1.33 bits per heavy atom. The second-order valence-corrected chi connectivity index (χ2v) is 19.5. The average molecular weight is 961 g/mol. The van der Waals surface area contributed by atoms with E-state index in [2.05, 4.69) is 126 Å². The van der Waals surface area contributed by atoms with Crippen LogP contribution in [-0.4, -0.2) is 88.0 Å². The highest BCUT2D eigenvalue weighted by molar-refractivity contribution is 5.70. The van der Waals surface area contributed by atoms with Gasteiger partial charge in [0.1, 0.15) is 23.1 Å². The van der Waals surface area contributed by atoms with Crippen molar-refractivity contribution in [1.82, 2.24) is 48.6 Å². The van der Waals surface area contributed by atoms with Crippen molar-refractivity contribution >= 4 is 35.7 Å². The zero-order chi connectivity index (χ0) is 49.0. The number of anilines is 2. The standard InChI is InChI=1S/2C29H32N6O/c2*1-21-19-33(20-30-21)26-14-12-22(18-27(26)36-2)13-15-28-31-29-24(10-6-17-35(29)32-28)25-11-7-16-34(25)23-8-4-3-5-9-23/h2*3-5,8-9,12-15,18-20,24-25H,6-7,10-11,16-17H2,1-2H3/b2*15-13+/t24-,25+;24-,25-/m10/s1. The lowest BCUT2D eigenvalue weighted by Crippen LogP contribution is -2.37. The van der Waals surface area contributed by atoms with Crippen LogP contribution in [-0.2, 0) is 13.1 Å². The molecule has 0 bridgehead atoms. The van der Waals surface area contributed by atoms with Gasteiger partial charge in [0, 0.05) is 73.9 Å². The molecule has 0 unspecified atom stereocenters. The minimum absolute atomic E-state index is 0.411. The first-order valence-electron chi connectivity index (χ1n) is 25.7. The summed E-state index contributed by atoms with van der Waals surface area (Å²) < 4.78 is 19.6. The van der Waals surface area contributed by atoms with Crippen LogP contribution >= 0.6 is 0 Å². The van der Waals surface area contributed by atoms with Gasteiger partial charge in [-0.2, -0.15) is 10.2 Å². The number of benzene rings is 4. The fourth-order valence-corrected chi connectivity index (χ4v) is 11.4. The Bertz CT molecular complexity index is 2950. The number of aryl methyl sites for hydroxylation is 4. The number of fused-ring (bicyclic) bond motifs is 2. The van der Waals surface area contributed by atoms with Gasteiger partial charge in [-0.15, -0.1) is 0 Å². The number of ether oxygens (including phenoxy) is 2. The van der Waals surface area contributed by atoms with Crippen LogP contribution in [0.4, 0.5) is 11.4 Å². The van der Waals surface area contributed by atoms with E-state index in [0.717, 1.165) is 108 Å². The van der Waals surface area contributed by atoms with Crippen LogP contribution in [0.3, 0.4) is 0 Å². The maximum Gasteiger partial charge on any atom is 0.174 e. The number of para-hydroxylation sites is 2. The third-order valence-electron chi connectivity index (χ3n) is 14.8. The first-order chi connectivity index (χ1) is 35.4. The molecule has 14 heteroatoms. The van der Waals surface area contributed by atoms with Gasteiger partial charge in [0.25, 0.3) is 0 Å². The van der Waals surface area contributed by atoms with Gasteiger partial charge in [-0.1, -0.05) is 60.7 Å². The van der Waals surface area contributed by atoms with Gasteiger partial charge < -0.3 is 28.4 Å². The number of imidazole rings is 2. The average Bonchev–Trinajstić information content (AvgIpc) is 4.30. The summed E-state index contributed by atoms with van der Waals surface area (Å²) in [5, 5.41) is 9.70. The quantitative estimate of drug-likeness (QED) is 0.117. The van der Waals surface area contributed by atoms with Crippen LogP contribution in [0, 0.1) is 13.8 Å². The molecule has 0 spiro atoms. The summed E-state index contributed by atoms with van der Waals surface area (Å²) in [6.07, 6.45) is 25.3. The number of rotatable bonds is 12. The number of methoxy groups -OCH3 is 2. The first-order valence-corrected chi connectivity index (χ1v) is 25.7. The number of nitrogens with zero attached hydrogens (tertiary/aromatic N) is 12. The fourth-order valence-electron chi connectivity index (χ4n) is 11.4. The molecule has 0 amide bonds. The summed E-state index contributed by atoms with van der Waals surface area (Å²) in [6, 6.07) is 34.9. The number of hydrogen-bond acceptors (Lipinski definition) is 10. The molecule has 368 valence electrons. The monoisotopic (exact) mass is 961 g/mol. The Labute approximate surface area is 422 Å². The molecule has 2 saturated heterocycles. The third kappa shape index (κ3) is 9.82. The smallest absolute Gasteiger partial charge is 0.174 e. The molecule has 0 aliphatic carbocycles. The lowest BCUT2D eigenvalue weighted by atomic mass is 9.89. The predicted molar refractivity (Wildman–Crippen MR) is 285 cm³/mol. The van der Waals surface area contributed by atoms with Crippen LogP contribution in [0.15, 0.2) is 122 Å². The second kappa shape index (κ2) is 20.9. The van der Waals surface area contributed by atoms with E-state index in [1.165, 1.54) is 49.9 Å². The van der Waals surface area contributed by atoms with Crippen molar-refractivity contribution in [3.63, 3.8) is 0 Å². The topological polar surface area (TPSA) is 122 Å². The van der Waals surface area contributed by atoms with Crippen LogP contribution < -0.4 is 19.3 Å². The molecule has 4 aromatic heterocycles. The molecular weight excluding hydrogens is 897 g/mol. The van der Waals surface area contributed by atoms with E-state index in [1.54, 1.807) is 14.2 Å². The lowest BCUT2D eigenvalue weighted by molar-refractivity contribution is 0.371. The molecular formula is C58H64N12O2. The molecule has 8 aromatic rings. The van der Waals surface area contributed by atoms with Gasteiger partial charge in [0.05, 0.1) is 49.6 Å². The summed E-state index contributed by atoms with van der Waals surface area (Å²) in [7, 11) is 3.39. The molecule has 4 aliphatic rings. The summed E-state index contributed by atoms with van der Waals surface area (Å²) in [5.74, 6) is 6.24. The van der Waals surface area contributed by atoms with Gasteiger partial charge in [-0.05, 0) is 137 Å². The molecule has 72 heavy (non-hydrogen) atoms. The number of aromatic nitrogens is 10. The van der Waals surface area contributed by atoms with Crippen molar-refractivity contribution in [2.24, 2.45) is 0 Å². The largest absolute Gasteiger partial charge is 0.495 e. The normalized spacial score (nSPS) is 19.7. The molecule has 0 N–H and O–H groups in total.